The molecule has 0 saturated carbocycles. The molecule has 1 aromatic heterocycles. The topological polar surface area (TPSA) is 97.3 Å². The Morgan fingerprint density at radius 1 is 1.07 bits per heavy atom. The van der Waals surface area contributed by atoms with Gasteiger partial charge in [-0.05, 0) is 18.1 Å². The lowest BCUT2D eigenvalue weighted by Gasteiger charge is -2.13. The summed E-state index contributed by atoms with van der Waals surface area (Å²) in [5.74, 6) is -2.08. The molecule has 3 aromatic rings. The monoisotopic (exact) mass is 393 g/mol. The Balaban J connectivity index is 1.69. The molecular formula is C20H16FN5O3. The van der Waals surface area contributed by atoms with Crippen LogP contribution in [0.25, 0.3) is 11.1 Å². The lowest BCUT2D eigenvalue weighted by atomic mass is 10.1. The summed E-state index contributed by atoms with van der Waals surface area (Å²) in [6.07, 6.45) is 0.406. The largest absolute Gasteiger partial charge is 0.435 e. The molecule has 3 amide bonds. The molecule has 0 radical (unpaired) electrons. The first kappa shape index (κ1) is 18.5. The number of ether oxygens (including phenoxy) is 1. The molecule has 0 spiro atoms. The Morgan fingerprint density at radius 3 is 2.52 bits per heavy atom. The smallest absolute Gasteiger partial charge is 0.331 e. The molecule has 4 rings (SSSR count). The van der Waals surface area contributed by atoms with E-state index in [2.05, 4.69) is 20.5 Å². The van der Waals surface area contributed by atoms with E-state index in [1.807, 2.05) is 42.5 Å². The van der Waals surface area contributed by atoms with Gasteiger partial charge in [0.25, 0.3) is 23.7 Å². The number of nitrogens with one attached hydrogen (secondary N) is 1. The van der Waals surface area contributed by atoms with Gasteiger partial charge >= 0.3 is 6.03 Å². The van der Waals surface area contributed by atoms with E-state index in [-0.39, 0.29) is 5.95 Å². The van der Waals surface area contributed by atoms with Gasteiger partial charge in [-0.3, -0.25) is 4.79 Å². The van der Waals surface area contributed by atoms with Crippen molar-refractivity contribution in [2.75, 3.05) is 4.90 Å². The van der Waals surface area contributed by atoms with Gasteiger partial charge in [0.2, 0.25) is 0 Å². The maximum atomic E-state index is 14.2. The number of imide groups is 1. The van der Waals surface area contributed by atoms with Crippen molar-refractivity contribution in [1.29, 1.82) is 0 Å². The van der Waals surface area contributed by atoms with Crippen molar-refractivity contribution in [2.45, 2.75) is 19.4 Å². The van der Waals surface area contributed by atoms with Crippen molar-refractivity contribution < 1.29 is 18.7 Å². The zero-order chi connectivity index (χ0) is 20.4. The number of aromatic nitrogens is 3. The summed E-state index contributed by atoms with van der Waals surface area (Å²) in [4.78, 5) is 29.1. The second kappa shape index (κ2) is 7.63. The van der Waals surface area contributed by atoms with E-state index < -0.39 is 29.8 Å². The van der Waals surface area contributed by atoms with Gasteiger partial charge in [-0.25, -0.2) is 4.79 Å². The number of carbonyl (C=O) groups is 2. The van der Waals surface area contributed by atoms with E-state index >= 15 is 0 Å². The fraction of sp³-hybridized carbons (Fsp3) is 0.150. The minimum atomic E-state index is -1.06. The molecular weight excluding hydrogens is 377 g/mol. The molecule has 9 heteroatoms. The van der Waals surface area contributed by atoms with E-state index in [1.54, 1.807) is 19.1 Å². The predicted octanol–water partition coefficient (Wildman–Crippen LogP) is 3.30. The number of nitrogens with zero attached hydrogens (tertiary/aromatic N) is 4. The lowest BCUT2D eigenvalue weighted by Crippen LogP contribution is -2.33. The van der Waals surface area contributed by atoms with Gasteiger partial charge < -0.3 is 10.1 Å². The van der Waals surface area contributed by atoms with Gasteiger partial charge in [0.15, 0.2) is 0 Å². The second-order valence-corrected chi connectivity index (χ2v) is 6.26. The number of halogens is 1. The normalized spacial score (nSPS) is 16.1. The molecule has 146 valence electrons. The van der Waals surface area contributed by atoms with Gasteiger partial charge in [0, 0.05) is 5.56 Å². The molecule has 1 N–H and O–H groups in total. The summed E-state index contributed by atoms with van der Waals surface area (Å²) in [6.45, 7) is 1.76. The van der Waals surface area contributed by atoms with Crippen molar-refractivity contribution >= 4 is 17.9 Å². The molecule has 2 aromatic carbocycles. The fourth-order valence-electron chi connectivity index (χ4n) is 2.96. The zero-order valence-corrected chi connectivity index (χ0v) is 15.4. The van der Waals surface area contributed by atoms with Gasteiger partial charge in [-0.15, -0.1) is 10.2 Å². The van der Waals surface area contributed by atoms with Crippen molar-refractivity contribution in [2.24, 2.45) is 0 Å². The van der Waals surface area contributed by atoms with Crippen molar-refractivity contribution in [3.8, 4) is 22.8 Å². The van der Waals surface area contributed by atoms with Crippen LogP contribution in [0.5, 0.6) is 11.6 Å². The van der Waals surface area contributed by atoms with E-state index in [9.17, 15) is 14.0 Å². The average Bonchev–Trinajstić information content (AvgIpc) is 3.04. The highest BCUT2D eigenvalue weighted by Gasteiger charge is 2.40. The van der Waals surface area contributed by atoms with Crippen LogP contribution < -0.4 is 15.0 Å². The predicted molar refractivity (Wildman–Crippen MR) is 102 cm³/mol. The second-order valence-electron chi connectivity index (χ2n) is 6.26. The minimum absolute atomic E-state index is 0.340. The Labute approximate surface area is 165 Å². The van der Waals surface area contributed by atoms with Gasteiger partial charge in [-0.2, -0.15) is 14.3 Å². The van der Waals surface area contributed by atoms with Gasteiger partial charge in [0.1, 0.15) is 11.8 Å². The van der Waals surface area contributed by atoms with Crippen LogP contribution in [-0.2, 0) is 4.79 Å². The summed E-state index contributed by atoms with van der Waals surface area (Å²) >= 11 is 0. The average molecular weight is 393 g/mol. The number of carbonyl (C=O) groups excluding carboxylic acids is 2. The van der Waals surface area contributed by atoms with Crippen LogP contribution in [0, 0.1) is 5.95 Å². The van der Waals surface area contributed by atoms with Crippen molar-refractivity contribution in [1.82, 2.24) is 20.5 Å². The third-order valence-electron chi connectivity index (χ3n) is 4.41. The molecule has 8 nitrogen and oxygen atoms in total. The quantitative estimate of drug-likeness (QED) is 0.668. The molecule has 29 heavy (non-hydrogen) atoms. The molecule has 0 aliphatic carbocycles. The van der Waals surface area contributed by atoms with E-state index in [0.717, 1.165) is 10.5 Å². The first-order valence-corrected chi connectivity index (χ1v) is 8.95. The van der Waals surface area contributed by atoms with Crippen LogP contribution in [0.15, 0.2) is 54.6 Å². The molecule has 0 unspecified atom stereocenters. The standard InChI is InChI=1S/C20H16FN5O3/c1-2-14-18(27)26(20(28)22-14)19-23-17(16(21)24-25-19)29-15-11-7-6-10-13(15)12-8-4-3-5-9-12/h3-11,14H,2H2,1H3,(H,22,28)/t14-/m1/s1. The Morgan fingerprint density at radius 2 is 1.79 bits per heavy atom. The molecule has 1 aliphatic heterocycles. The number of urea groups is 1. The number of hydrogen-bond donors (Lipinski definition) is 1. The maximum absolute atomic E-state index is 14.2. The number of anilines is 1. The molecule has 1 saturated heterocycles. The maximum Gasteiger partial charge on any atom is 0.331 e. The SMILES string of the molecule is CC[C@H]1NC(=O)N(c2nnc(F)c(Oc3ccccc3-c3ccccc3)n2)C1=O. The molecule has 1 fully saturated rings. The highest BCUT2D eigenvalue weighted by atomic mass is 19.1. The first-order chi connectivity index (χ1) is 14.1. The minimum Gasteiger partial charge on any atom is -0.435 e. The van der Waals surface area contributed by atoms with E-state index in [0.29, 0.717) is 17.7 Å². The number of hydrogen-bond acceptors (Lipinski definition) is 6. The van der Waals surface area contributed by atoms with Crippen LogP contribution >= 0.6 is 0 Å². The number of amides is 3. The molecule has 1 aliphatic rings. The van der Waals surface area contributed by atoms with Crippen LogP contribution in [-0.4, -0.2) is 33.2 Å². The van der Waals surface area contributed by atoms with E-state index in [4.69, 9.17) is 4.74 Å². The zero-order valence-electron chi connectivity index (χ0n) is 15.4. The summed E-state index contributed by atoms with van der Waals surface area (Å²) in [5, 5.41) is 9.42. The van der Waals surface area contributed by atoms with Crippen LogP contribution in [0.1, 0.15) is 13.3 Å². The van der Waals surface area contributed by atoms with Crippen molar-refractivity contribution in [3.05, 3.63) is 60.5 Å². The number of para-hydroxylation sites is 1. The lowest BCUT2D eigenvalue weighted by molar-refractivity contribution is -0.118. The number of rotatable bonds is 5. The first-order valence-electron chi connectivity index (χ1n) is 8.95. The molecule has 0 bridgehead atoms. The Bertz CT molecular complexity index is 1080. The third kappa shape index (κ3) is 3.49. The fourth-order valence-corrected chi connectivity index (χ4v) is 2.96. The molecule has 1 atom stereocenters. The third-order valence-corrected chi connectivity index (χ3v) is 4.41. The van der Waals surface area contributed by atoms with Gasteiger partial charge in [0.05, 0.1) is 0 Å². The van der Waals surface area contributed by atoms with Crippen LogP contribution in [0.2, 0.25) is 0 Å². The molecule has 2 heterocycles. The summed E-state index contributed by atoms with van der Waals surface area (Å²) in [6, 6.07) is 15.1. The van der Waals surface area contributed by atoms with Crippen LogP contribution in [0.4, 0.5) is 15.1 Å². The summed E-state index contributed by atoms with van der Waals surface area (Å²) in [5.41, 5.74) is 1.58. The van der Waals surface area contributed by atoms with E-state index in [1.165, 1.54) is 0 Å². The van der Waals surface area contributed by atoms with Crippen LogP contribution in [0.3, 0.4) is 0 Å². The van der Waals surface area contributed by atoms with Crippen molar-refractivity contribution in [3.63, 3.8) is 0 Å². The Kier molecular flexibility index (Phi) is 4.86. The highest BCUT2D eigenvalue weighted by molar-refractivity contribution is 6.20. The number of benzene rings is 2. The summed E-state index contributed by atoms with van der Waals surface area (Å²) in [7, 11) is 0. The highest BCUT2D eigenvalue weighted by Crippen LogP contribution is 2.33. The Hall–Kier alpha value is -3.88. The van der Waals surface area contributed by atoms with Gasteiger partial charge in [-0.1, -0.05) is 55.5 Å². The summed E-state index contributed by atoms with van der Waals surface area (Å²) < 4.78 is 19.9.